The number of carboxylic acid groups (broad SMARTS) is 1. The molecule has 9 heteroatoms. The van der Waals surface area contributed by atoms with E-state index >= 15 is 0 Å². The Morgan fingerprint density at radius 3 is 2.31 bits per heavy atom. The molecule has 4 rings (SSSR count). The third-order valence-corrected chi connectivity index (χ3v) is 6.83. The Bertz CT molecular complexity index is 1120. The van der Waals surface area contributed by atoms with E-state index < -0.39 is 27.6 Å². The fourth-order valence-electron chi connectivity index (χ4n) is 3.50. The smallest absolute Gasteiger partial charge is 0.261 e. The first-order chi connectivity index (χ1) is 13.8. The van der Waals surface area contributed by atoms with E-state index in [1.165, 1.54) is 18.2 Å². The molecule has 1 atom stereocenters. The predicted molar refractivity (Wildman–Crippen MR) is 97.0 cm³/mol. The summed E-state index contributed by atoms with van der Waals surface area (Å²) in [4.78, 5) is 36.9. The number of hydrogen-bond donors (Lipinski definition) is 0. The molecule has 0 radical (unpaired) electrons. The number of carboxylic acids is 1. The Labute approximate surface area is 166 Å². The van der Waals surface area contributed by atoms with E-state index in [4.69, 9.17) is 4.74 Å². The topological polar surface area (TPSA) is 121 Å². The maximum absolute atomic E-state index is 12.9. The van der Waals surface area contributed by atoms with Crippen molar-refractivity contribution in [2.24, 2.45) is 0 Å². The fourth-order valence-corrected chi connectivity index (χ4v) is 4.79. The normalized spacial score (nSPS) is 18.9. The van der Waals surface area contributed by atoms with Gasteiger partial charge in [0.05, 0.1) is 39.5 Å². The predicted octanol–water partition coefficient (Wildman–Crippen LogP) is 0.658. The molecule has 0 unspecified atom stereocenters. The standard InChI is InChI=1S/C20H17NO7S/c22-18-16-8-7-15(29(26,27)14-5-3-12(4-6-14)20(24)25)10-17(16)19(23)21(18)11-13-2-1-9-28-13/h3-8,10,13H,1-2,9,11H2,(H,24,25)/p-1/t13-/m0/s1. The van der Waals surface area contributed by atoms with Gasteiger partial charge in [-0.15, -0.1) is 0 Å². The maximum atomic E-state index is 12.9. The van der Waals surface area contributed by atoms with Crippen molar-refractivity contribution in [1.82, 2.24) is 4.90 Å². The number of benzene rings is 2. The van der Waals surface area contributed by atoms with E-state index in [0.717, 1.165) is 42.0 Å². The molecule has 0 bridgehead atoms. The third-order valence-electron chi connectivity index (χ3n) is 5.06. The molecule has 2 aromatic carbocycles. The van der Waals surface area contributed by atoms with Crippen molar-refractivity contribution >= 4 is 27.6 Å². The van der Waals surface area contributed by atoms with E-state index in [-0.39, 0.29) is 39.1 Å². The van der Waals surface area contributed by atoms with Crippen LogP contribution in [0.3, 0.4) is 0 Å². The second kappa shape index (κ2) is 7.09. The van der Waals surface area contributed by atoms with Gasteiger partial charge in [0.15, 0.2) is 0 Å². The Balaban J connectivity index is 1.65. The summed E-state index contributed by atoms with van der Waals surface area (Å²) < 4.78 is 31.2. The van der Waals surface area contributed by atoms with Crippen LogP contribution in [0.5, 0.6) is 0 Å². The van der Waals surface area contributed by atoms with Crippen LogP contribution < -0.4 is 5.11 Å². The molecular formula is C20H16NO7S-. The van der Waals surface area contributed by atoms with Crippen LogP contribution in [0.4, 0.5) is 0 Å². The average molecular weight is 414 g/mol. The molecule has 0 N–H and O–H groups in total. The van der Waals surface area contributed by atoms with Crippen molar-refractivity contribution < 1.29 is 32.6 Å². The lowest BCUT2D eigenvalue weighted by Gasteiger charge is -2.17. The average Bonchev–Trinajstić information content (AvgIpc) is 3.31. The highest BCUT2D eigenvalue weighted by Gasteiger charge is 2.38. The summed E-state index contributed by atoms with van der Waals surface area (Å²) in [5.74, 6) is -2.44. The van der Waals surface area contributed by atoms with E-state index in [1.54, 1.807) is 0 Å². The maximum Gasteiger partial charge on any atom is 0.261 e. The number of fused-ring (bicyclic) bond motifs is 1. The summed E-state index contributed by atoms with van der Waals surface area (Å²) in [6.45, 7) is 0.728. The Kier molecular flexibility index (Phi) is 4.71. The van der Waals surface area contributed by atoms with Gasteiger partial charge in [0.2, 0.25) is 9.84 Å². The summed E-state index contributed by atoms with van der Waals surface area (Å²) in [6.07, 6.45) is 1.42. The molecule has 150 valence electrons. The van der Waals surface area contributed by atoms with E-state index in [9.17, 15) is 27.9 Å². The molecule has 1 fully saturated rings. The Hall–Kier alpha value is -3.04. The molecule has 2 heterocycles. The van der Waals surface area contributed by atoms with Gasteiger partial charge in [-0.2, -0.15) is 0 Å². The highest BCUT2D eigenvalue weighted by Crippen LogP contribution is 2.29. The largest absolute Gasteiger partial charge is 0.545 e. The molecule has 2 amide bonds. The molecular weight excluding hydrogens is 398 g/mol. The van der Waals surface area contributed by atoms with Crippen molar-refractivity contribution in [2.75, 3.05) is 13.2 Å². The molecule has 29 heavy (non-hydrogen) atoms. The minimum Gasteiger partial charge on any atom is -0.545 e. The number of imide groups is 1. The van der Waals surface area contributed by atoms with Crippen molar-refractivity contribution in [3.63, 3.8) is 0 Å². The number of carbonyl (C=O) groups is 3. The first kappa shape index (κ1) is 19.3. The lowest BCUT2D eigenvalue weighted by molar-refractivity contribution is -0.255. The van der Waals surface area contributed by atoms with Gasteiger partial charge in [-0.1, -0.05) is 12.1 Å². The molecule has 0 aromatic heterocycles. The van der Waals surface area contributed by atoms with E-state index in [0.29, 0.717) is 6.61 Å². The second-order valence-corrected chi connectivity index (χ2v) is 8.83. The van der Waals surface area contributed by atoms with Crippen LogP contribution in [0.25, 0.3) is 0 Å². The highest BCUT2D eigenvalue weighted by atomic mass is 32.2. The van der Waals surface area contributed by atoms with Crippen molar-refractivity contribution in [2.45, 2.75) is 28.7 Å². The quantitative estimate of drug-likeness (QED) is 0.659. The van der Waals surface area contributed by atoms with Gasteiger partial charge >= 0.3 is 0 Å². The molecule has 8 nitrogen and oxygen atoms in total. The number of amides is 2. The second-order valence-electron chi connectivity index (χ2n) is 6.88. The zero-order chi connectivity index (χ0) is 20.8. The first-order valence-corrected chi connectivity index (χ1v) is 10.5. The van der Waals surface area contributed by atoms with Gasteiger partial charge < -0.3 is 14.6 Å². The van der Waals surface area contributed by atoms with Gasteiger partial charge in [-0.25, -0.2) is 8.42 Å². The number of ether oxygens (including phenoxy) is 1. The van der Waals surface area contributed by atoms with Gasteiger partial charge in [-0.3, -0.25) is 14.5 Å². The monoisotopic (exact) mass is 414 g/mol. The Morgan fingerprint density at radius 2 is 1.69 bits per heavy atom. The molecule has 0 spiro atoms. The number of sulfone groups is 1. The summed E-state index contributed by atoms with van der Waals surface area (Å²) in [5.41, 5.74) is 0.0307. The molecule has 1 saturated heterocycles. The first-order valence-electron chi connectivity index (χ1n) is 8.97. The zero-order valence-corrected chi connectivity index (χ0v) is 16.0. The van der Waals surface area contributed by atoms with Crippen molar-refractivity contribution in [1.29, 1.82) is 0 Å². The molecule has 0 aliphatic carbocycles. The van der Waals surface area contributed by atoms with Crippen LogP contribution in [0.15, 0.2) is 52.3 Å². The molecule has 2 aliphatic heterocycles. The van der Waals surface area contributed by atoms with Gasteiger partial charge in [0, 0.05) is 6.61 Å². The van der Waals surface area contributed by atoms with E-state index in [1.807, 2.05) is 0 Å². The van der Waals surface area contributed by atoms with Crippen LogP contribution in [0.2, 0.25) is 0 Å². The van der Waals surface area contributed by atoms with E-state index in [2.05, 4.69) is 0 Å². The number of carbonyl (C=O) groups excluding carboxylic acids is 3. The summed E-state index contributed by atoms with van der Waals surface area (Å²) >= 11 is 0. The minimum atomic E-state index is -4.00. The highest BCUT2D eigenvalue weighted by molar-refractivity contribution is 7.91. The van der Waals surface area contributed by atoms with Crippen LogP contribution >= 0.6 is 0 Å². The number of rotatable bonds is 5. The van der Waals surface area contributed by atoms with Gasteiger partial charge in [0.25, 0.3) is 11.8 Å². The lowest BCUT2D eigenvalue weighted by Crippen LogP contribution is -2.36. The number of aromatic carboxylic acids is 1. The third kappa shape index (κ3) is 3.32. The fraction of sp³-hybridized carbons (Fsp3) is 0.250. The number of nitrogens with zero attached hydrogens (tertiary/aromatic N) is 1. The zero-order valence-electron chi connectivity index (χ0n) is 15.2. The van der Waals surface area contributed by atoms with Gasteiger partial charge in [0.1, 0.15) is 0 Å². The number of hydrogen-bond acceptors (Lipinski definition) is 7. The lowest BCUT2D eigenvalue weighted by atomic mass is 10.1. The summed E-state index contributed by atoms with van der Waals surface area (Å²) in [6, 6.07) is 8.36. The molecule has 2 aliphatic rings. The van der Waals surface area contributed by atoms with Crippen LogP contribution in [0.1, 0.15) is 43.9 Å². The van der Waals surface area contributed by atoms with Crippen LogP contribution in [0, 0.1) is 0 Å². The summed E-state index contributed by atoms with van der Waals surface area (Å²) in [5, 5.41) is 10.8. The van der Waals surface area contributed by atoms with Crippen molar-refractivity contribution in [3.05, 3.63) is 59.2 Å². The SMILES string of the molecule is O=C([O-])c1ccc(S(=O)(=O)c2ccc3c(c2)C(=O)N(C[C@@H]2CCCO2)C3=O)cc1. The molecule has 0 saturated carbocycles. The van der Waals surface area contributed by atoms with Crippen LogP contribution in [-0.2, 0) is 14.6 Å². The van der Waals surface area contributed by atoms with Gasteiger partial charge in [-0.05, 0) is 48.7 Å². The van der Waals surface area contributed by atoms with Crippen LogP contribution in [-0.4, -0.2) is 50.4 Å². The summed E-state index contributed by atoms with van der Waals surface area (Å²) in [7, 11) is -4.00. The minimum absolute atomic E-state index is 0.0282. The Morgan fingerprint density at radius 1 is 1.03 bits per heavy atom. The molecule has 2 aromatic rings. The van der Waals surface area contributed by atoms with Crippen molar-refractivity contribution in [3.8, 4) is 0 Å².